The van der Waals surface area contributed by atoms with Crippen molar-refractivity contribution in [3.8, 4) is 0 Å². The number of aliphatic carboxylic acids is 1. The standard InChI is InChI=1S/C11H20O2/c1-3-10(2)8-6-4-5-7-9-11(12)13/h2-9H2,1H3,(H,12,13). The third kappa shape index (κ3) is 9.12. The third-order valence-corrected chi connectivity index (χ3v) is 2.17. The largest absolute Gasteiger partial charge is 0.481 e. The Bertz CT molecular complexity index is 161. The molecule has 0 amide bonds. The van der Waals surface area contributed by atoms with Crippen molar-refractivity contribution < 1.29 is 9.90 Å². The molecule has 0 heterocycles. The zero-order valence-electron chi connectivity index (χ0n) is 8.51. The van der Waals surface area contributed by atoms with Crippen molar-refractivity contribution in [2.24, 2.45) is 0 Å². The van der Waals surface area contributed by atoms with Crippen molar-refractivity contribution in [3.05, 3.63) is 12.2 Å². The van der Waals surface area contributed by atoms with E-state index in [9.17, 15) is 4.79 Å². The number of unbranched alkanes of at least 4 members (excludes halogenated alkanes) is 3. The van der Waals surface area contributed by atoms with Crippen molar-refractivity contribution in [3.63, 3.8) is 0 Å². The third-order valence-electron chi connectivity index (χ3n) is 2.17. The molecule has 0 aromatic carbocycles. The smallest absolute Gasteiger partial charge is 0.303 e. The monoisotopic (exact) mass is 184 g/mol. The van der Waals surface area contributed by atoms with Crippen LogP contribution < -0.4 is 0 Å². The van der Waals surface area contributed by atoms with E-state index in [4.69, 9.17) is 5.11 Å². The molecule has 13 heavy (non-hydrogen) atoms. The van der Waals surface area contributed by atoms with Crippen LogP contribution in [0.2, 0.25) is 0 Å². The van der Waals surface area contributed by atoms with E-state index in [1.807, 2.05) is 0 Å². The van der Waals surface area contributed by atoms with Crippen LogP contribution in [0.25, 0.3) is 0 Å². The average molecular weight is 184 g/mol. The van der Waals surface area contributed by atoms with E-state index in [1.165, 1.54) is 5.57 Å². The second-order valence-corrected chi connectivity index (χ2v) is 3.41. The van der Waals surface area contributed by atoms with Crippen molar-refractivity contribution in [2.75, 3.05) is 0 Å². The van der Waals surface area contributed by atoms with Gasteiger partial charge < -0.3 is 5.11 Å². The number of carboxylic acids is 1. The van der Waals surface area contributed by atoms with E-state index in [0.29, 0.717) is 6.42 Å². The van der Waals surface area contributed by atoms with Crippen molar-refractivity contribution >= 4 is 5.97 Å². The van der Waals surface area contributed by atoms with Gasteiger partial charge >= 0.3 is 5.97 Å². The molecule has 0 fully saturated rings. The molecular formula is C11H20O2. The highest BCUT2D eigenvalue weighted by atomic mass is 16.4. The van der Waals surface area contributed by atoms with E-state index in [2.05, 4.69) is 13.5 Å². The van der Waals surface area contributed by atoms with Crippen molar-refractivity contribution in [1.29, 1.82) is 0 Å². The Morgan fingerprint density at radius 2 is 1.69 bits per heavy atom. The highest BCUT2D eigenvalue weighted by Crippen LogP contribution is 2.11. The number of allylic oxidation sites excluding steroid dienone is 1. The molecule has 76 valence electrons. The molecule has 0 saturated heterocycles. The van der Waals surface area contributed by atoms with E-state index in [-0.39, 0.29) is 0 Å². The van der Waals surface area contributed by atoms with Gasteiger partial charge in [0.2, 0.25) is 0 Å². The summed E-state index contributed by atoms with van der Waals surface area (Å²) in [7, 11) is 0. The summed E-state index contributed by atoms with van der Waals surface area (Å²) in [5, 5.41) is 8.38. The Morgan fingerprint density at radius 1 is 1.15 bits per heavy atom. The van der Waals surface area contributed by atoms with Gasteiger partial charge in [-0.3, -0.25) is 4.79 Å². The van der Waals surface area contributed by atoms with Crippen molar-refractivity contribution in [2.45, 2.75) is 51.9 Å². The van der Waals surface area contributed by atoms with Gasteiger partial charge in [-0.2, -0.15) is 0 Å². The van der Waals surface area contributed by atoms with Crippen LogP contribution in [0.4, 0.5) is 0 Å². The van der Waals surface area contributed by atoms with Crippen molar-refractivity contribution in [1.82, 2.24) is 0 Å². The molecule has 2 nitrogen and oxygen atoms in total. The Balaban J connectivity index is 3.08. The fourth-order valence-electron chi connectivity index (χ4n) is 1.18. The van der Waals surface area contributed by atoms with Gasteiger partial charge in [-0.05, 0) is 25.7 Å². The van der Waals surface area contributed by atoms with Gasteiger partial charge in [-0.1, -0.05) is 31.9 Å². The lowest BCUT2D eigenvalue weighted by Gasteiger charge is -2.01. The number of carbonyl (C=O) groups is 1. The minimum atomic E-state index is -0.682. The van der Waals surface area contributed by atoms with Gasteiger partial charge in [0.05, 0.1) is 0 Å². The van der Waals surface area contributed by atoms with Gasteiger partial charge in [0, 0.05) is 6.42 Å². The molecule has 0 aliphatic heterocycles. The van der Waals surface area contributed by atoms with Crippen LogP contribution >= 0.6 is 0 Å². The Kier molecular flexibility index (Phi) is 7.36. The lowest BCUT2D eigenvalue weighted by molar-refractivity contribution is -0.137. The van der Waals surface area contributed by atoms with Crippen LogP contribution in [0.5, 0.6) is 0 Å². The van der Waals surface area contributed by atoms with Crippen LogP contribution in [0.3, 0.4) is 0 Å². The summed E-state index contributed by atoms with van der Waals surface area (Å²) in [6.07, 6.45) is 6.61. The molecule has 0 spiro atoms. The minimum absolute atomic E-state index is 0.314. The number of rotatable bonds is 8. The van der Waals surface area contributed by atoms with E-state index >= 15 is 0 Å². The Hall–Kier alpha value is -0.790. The molecule has 0 aromatic rings. The van der Waals surface area contributed by atoms with Crippen LogP contribution in [-0.4, -0.2) is 11.1 Å². The van der Waals surface area contributed by atoms with Gasteiger partial charge in [0.25, 0.3) is 0 Å². The number of carboxylic acid groups (broad SMARTS) is 1. The van der Waals surface area contributed by atoms with Gasteiger partial charge in [0.15, 0.2) is 0 Å². The highest BCUT2D eigenvalue weighted by molar-refractivity contribution is 5.66. The summed E-state index contributed by atoms with van der Waals surface area (Å²) in [6.45, 7) is 6.04. The fourth-order valence-corrected chi connectivity index (χ4v) is 1.18. The molecule has 0 radical (unpaired) electrons. The van der Waals surface area contributed by atoms with E-state index < -0.39 is 5.97 Å². The normalized spacial score (nSPS) is 9.92. The predicted octanol–water partition coefficient (Wildman–Crippen LogP) is 3.38. The van der Waals surface area contributed by atoms with Crippen LogP contribution in [-0.2, 0) is 4.79 Å². The molecule has 0 saturated carbocycles. The summed E-state index contributed by atoms with van der Waals surface area (Å²) in [5.41, 5.74) is 1.30. The predicted molar refractivity (Wildman–Crippen MR) is 54.8 cm³/mol. The molecule has 0 aliphatic rings. The Morgan fingerprint density at radius 3 is 2.15 bits per heavy atom. The lowest BCUT2D eigenvalue weighted by Crippen LogP contribution is -1.93. The topological polar surface area (TPSA) is 37.3 Å². The lowest BCUT2D eigenvalue weighted by atomic mass is 10.1. The molecule has 2 heteroatoms. The maximum atomic E-state index is 10.2. The highest BCUT2D eigenvalue weighted by Gasteiger charge is 1.96. The second kappa shape index (κ2) is 7.84. The zero-order valence-corrected chi connectivity index (χ0v) is 8.51. The minimum Gasteiger partial charge on any atom is -0.481 e. The molecule has 0 atom stereocenters. The quantitative estimate of drug-likeness (QED) is 0.464. The first-order chi connectivity index (χ1) is 6.16. The summed E-state index contributed by atoms with van der Waals surface area (Å²) < 4.78 is 0. The summed E-state index contributed by atoms with van der Waals surface area (Å²) >= 11 is 0. The molecule has 0 aliphatic carbocycles. The second-order valence-electron chi connectivity index (χ2n) is 3.41. The van der Waals surface area contributed by atoms with Gasteiger partial charge in [-0.25, -0.2) is 0 Å². The molecular weight excluding hydrogens is 164 g/mol. The molecule has 0 aromatic heterocycles. The first kappa shape index (κ1) is 12.2. The zero-order chi connectivity index (χ0) is 10.1. The van der Waals surface area contributed by atoms with Crippen LogP contribution in [0.15, 0.2) is 12.2 Å². The Labute approximate surface area is 80.7 Å². The molecule has 1 N–H and O–H groups in total. The number of hydrogen-bond donors (Lipinski definition) is 1. The average Bonchev–Trinajstić information content (AvgIpc) is 2.10. The first-order valence-corrected chi connectivity index (χ1v) is 5.05. The van der Waals surface area contributed by atoms with Gasteiger partial charge in [-0.15, -0.1) is 0 Å². The maximum absolute atomic E-state index is 10.2. The fraction of sp³-hybridized carbons (Fsp3) is 0.727. The maximum Gasteiger partial charge on any atom is 0.303 e. The molecule has 0 rings (SSSR count). The summed E-state index contributed by atoms with van der Waals surface area (Å²) in [5.74, 6) is -0.682. The molecule has 0 unspecified atom stereocenters. The van der Waals surface area contributed by atoms with Crippen LogP contribution in [0, 0.1) is 0 Å². The molecule has 0 bridgehead atoms. The SMILES string of the molecule is C=C(CC)CCCCCCC(=O)O. The summed E-state index contributed by atoms with van der Waals surface area (Å²) in [4.78, 5) is 10.2. The van der Waals surface area contributed by atoms with E-state index in [1.54, 1.807) is 0 Å². The summed E-state index contributed by atoms with van der Waals surface area (Å²) in [6, 6.07) is 0. The van der Waals surface area contributed by atoms with E-state index in [0.717, 1.165) is 38.5 Å². The first-order valence-electron chi connectivity index (χ1n) is 5.05. The number of hydrogen-bond acceptors (Lipinski definition) is 1. The van der Waals surface area contributed by atoms with Crippen LogP contribution in [0.1, 0.15) is 51.9 Å². The van der Waals surface area contributed by atoms with Gasteiger partial charge in [0.1, 0.15) is 0 Å².